The number of hydrogen-bond donors (Lipinski definition) is 1. The molecule has 0 atom stereocenters. The van der Waals surface area contributed by atoms with Gasteiger partial charge in [0, 0.05) is 23.7 Å². The number of para-hydroxylation sites is 2. The number of aryl methyl sites for hydroxylation is 1. The highest BCUT2D eigenvalue weighted by Gasteiger charge is 2.19. The molecule has 0 fully saturated rings. The van der Waals surface area contributed by atoms with E-state index in [-0.39, 0.29) is 18.2 Å². The van der Waals surface area contributed by atoms with Gasteiger partial charge in [-0.15, -0.1) is 0 Å². The summed E-state index contributed by atoms with van der Waals surface area (Å²) < 4.78 is 0. The van der Waals surface area contributed by atoms with Gasteiger partial charge in [0.05, 0.1) is 11.3 Å². The maximum Gasteiger partial charge on any atom is 0.260 e. The van der Waals surface area contributed by atoms with E-state index in [1.54, 1.807) is 29.2 Å². The molecule has 0 aliphatic rings. The average molecular weight is 407 g/mol. The number of nitrogens with one attached hydrogen (secondary N) is 1. The second-order valence-electron chi connectivity index (χ2n) is 6.57. The smallest absolute Gasteiger partial charge is 0.260 e. The van der Waals surface area contributed by atoms with Crippen molar-refractivity contribution in [3.05, 3.63) is 95.0 Å². The van der Waals surface area contributed by atoms with Gasteiger partial charge in [0.15, 0.2) is 0 Å². The Morgan fingerprint density at radius 2 is 1.55 bits per heavy atom. The third kappa shape index (κ3) is 5.24. The van der Waals surface area contributed by atoms with Gasteiger partial charge >= 0.3 is 0 Å². The van der Waals surface area contributed by atoms with E-state index in [9.17, 15) is 9.59 Å². The Balaban J connectivity index is 1.73. The van der Waals surface area contributed by atoms with Crippen molar-refractivity contribution in [3.63, 3.8) is 0 Å². The molecule has 0 bridgehead atoms. The molecule has 0 aliphatic heterocycles. The van der Waals surface area contributed by atoms with Crippen LogP contribution in [0, 0.1) is 0 Å². The minimum absolute atomic E-state index is 0.152. The van der Waals surface area contributed by atoms with Crippen LogP contribution in [0.5, 0.6) is 0 Å². The highest BCUT2D eigenvalue weighted by Crippen LogP contribution is 2.22. The van der Waals surface area contributed by atoms with E-state index in [2.05, 4.69) is 5.32 Å². The van der Waals surface area contributed by atoms with Gasteiger partial charge in [-0.25, -0.2) is 0 Å². The first-order valence-corrected chi connectivity index (χ1v) is 9.97. The molecule has 0 aliphatic carbocycles. The summed E-state index contributed by atoms with van der Waals surface area (Å²) in [6.07, 6.45) is 0.815. The van der Waals surface area contributed by atoms with Crippen LogP contribution < -0.4 is 10.2 Å². The molecule has 3 aromatic rings. The first kappa shape index (κ1) is 20.6. The molecule has 0 saturated heterocycles. The summed E-state index contributed by atoms with van der Waals surface area (Å²) in [5.41, 5.74) is 2.72. The van der Waals surface area contributed by atoms with Crippen molar-refractivity contribution in [2.24, 2.45) is 0 Å². The molecule has 3 rings (SSSR count). The standard InChI is InChI=1S/C24H23ClN2O2/c1-2-27(19-11-4-3-5-12-19)24(29)20-13-7-9-15-22(20)26-23(28)17-16-18-10-6-8-14-21(18)25/h3-15H,2,16-17H2,1H3,(H,26,28). The van der Waals surface area contributed by atoms with Gasteiger partial charge in [-0.2, -0.15) is 0 Å². The van der Waals surface area contributed by atoms with E-state index in [0.29, 0.717) is 29.2 Å². The number of nitrogens with zero attached hydrogens (tertiary/aromatic N) is 1. The predicted octanol–water partition coefficient (Wildman–Crippen LogP) is 5.58. The van der Waals surface area contributed by atoms with Crippen LogP contribution in [0.4, 0.5) is 11.4 Å². The number of carbonyl (C=O) groups excluding carboxylic acids is 2. The van der Waals surface area contributed by atoms with Crippen molar-refractivity contribution in [2.45, 2.75) is 19.8 Å². The number of hydrogen-bond acceptors (Lipinski definition) is 2. The molecule has 5 heteroatoms. The zero-order valence-corrected chi connectivity index (χ0v) is 17.0. The third-order valence-corrected chi connectivity index (χ3v) is 5.01. The van der Waals surface area contributed by atoms with E-state index < -0.39 is 0 Å². The quantitative estimate of drug-likeness (QED) is 0.557. The number of benzene rings is 3. The summed E-state index contributed by atoms with van der Waals surface area (Å²) in [6.45, 7) is 2.45. The minimum Gasteiger partial charge on any atom is -0.325 e. The topological polar surface area (TPSA) is 49.4 Å². The summed E-state index contributed by atoms with van der Waals surface area (Å²) in [6, 6.07) is 24.1. The highest BCUT2D eigenvalue weighted by atomic mass is 35.5. The molecule has 0 spiro atoms. The van der Waals surface area contributed by atoms with Crippen LogP contribution in [0.15, 0.2) is 78.9 Å². The SMILES string of the molecule is CCN(C(=O)c1ccccc1NC(=O)CCc1ccccc1Cl)c1ccccc1. The van der Waals surface area contributed by atoms with Crippen LogP contribution >= 0.6 is 11.6 Å². The van der Waals surface area contributed by atoms with Crippen molar-refractivity contribution in [1.82, 2.24) is 0 Å². The fourth-order valence-electron chi connectivity index (χ4n) is 3.14. The van der Waals surface area contributed by atoms with E-state index >= 15 is 0 Å². The molecule has 3 aromatic carbocycles. The van der Waals surface area contributed by atoms with E-state index in [4.69, 9.17) is 11.6 Å². The Labute approximate surface area is 176 Å². The summed E-state index contributed by atoms with van der Waals surface area (Å²) >= 11 is 6.16. The molecule has 29 heavy (non-hydrogen) atoms. The molecular weight excluding hydrogens is 384 g/mol. The van der Waals surface area contributed by atoms with Gasteiger partial charge in [-0.05, 0) is 49.2 Å². The summed E-state index contributed by atoms with van der Waals surface area (Å²) in [4.78, 5) is 27.4. The van der Waals surface area contributed by atoms with Crippen molar-refractivity contribution >= 4 is 34.8 Å². The summed E-state index contributed by atoms with van der Waals surface area (Å²) in [5, 5.41) is 3.53. The second kappa shape index (κ2) is 9.89. The molecule has 0 saturated carbocycles. The third-order valence-electron chi connectivity index (χ3n) is 4.64. The van der Waals surface area contributed by atoms with Crippen molar-refractivity contribution in [1.29, 1.82) is 0 Å². The Kier molecular flexibility index (Phi) is 7.04. The fourth-order valence-corrected chi connectivity index (χ4v) is 3.37. The maximum atomic E-state index is 13.2. The van der Waals surface area contributed by atoms with Crippen LogP contribution in [0.3, 0.4) is 0 Å². The minimum atomic E-state index is -0.159. The van der Waals surface area contributed by atoms with Crippen LogP contribution in [0.1, 0.15) is 29.3 Å². The molecule has 0 radical (unpaired) electrons. The first-order chi connectivity index (χ1) is 14.1. The fraction of sp³-hybridized carbons (Fsp3) is 0.167. The molecule has 4 nitrogen and oxygen atoms in total. The van der Waals surface area contributed by atoms with Crippen LogP contribution in [-0.2, 0) is 11.2 Å². The van der Waals surface area contributed by atoms with Gasteiger partial charge < -0.3 is 10.2 Å². The second-order valence-corrected chi connectivity index (χ2v) is 6.98. The molecule has 2 amide bonds. The predicted molar refractivity (Wildman–Crippen MR) is 119 cm³/mol. The molecule has 0 unspecified atom stereocenters. The van der Waals surface area contributed by atoms with Crippen molar-refractivity contribution < 1.29 is 9.59 Å². The van der Waals surface area contributed by atoms with E-state index in [1.165, 1.54) is 0 Å². The van der Waals surface area contributed by atoms with Gasteiger partial charge in [-0.1, -0.05) is 60.1 Å². The van der Waals surface area contributed by atoms with Gasteiger partial charge in [0.25, 0.3) is 5.91 Å². The van der Waals surface area contributed by atoms with Crippen LogP contribution in [0.2, 0.25) is 5.02 Å². The first-order valence-electron chi connectivity index (χ1n) is 9.59. The van der Waals surface area contributed by atoms with Crippen molar-refractivity contribution in [2.75, 3.05) is 16.8 Å². The summed E-state index contributed by atoms with van der Waals surface area (Å²) in [5.74, 6) is -0.311. The highest BCUT2D eigenvalue weighted by molar-refractivity contribution is 6.31. The Bertz CT molecular complexity index is 989. The lowest BCUT2D eigenvalue weighted by molar-refractivity contribution is -0.116. The monoisotopic (exact) mass is 406 g/mol. The zero-order chi connectivity index (χ0) is 20.6. The van der Waals surface area contributed by atoms with Gasteiger partial charge in [-0.3, -0.25) is 9.59 Å². The van der Waals surface area contributed by atoms with Crippen molar-refractivity contribution in [3.8, 4) is 0 Å². The lowest BCUT2D eigenvalue weighted by Crippen LogP contribution is -2.31. The normalized spacial score (nSPS) is 10.4. The number of rotatable bonds is 7. The molecule has 0 aromatic heterocycles. The van der Waals surface area contributed by atoms with Crippen LogP contribution in [0.25, 0.3) is 0 Å². The maximum absolute atomic E-state index is 13.2. The summed E-state index contributed by atoms with van der Waals surface area (Å²) in [7, 11) is 0. The molecular formula is C24H23ClN2O2. The van der Waals surface area contributed by atoms with Crippen LogP contribution in [-0.4, -0.2) is 18.4 Å². The lowest BCUT2D eigenvalue weighted by Gasteiger charge is -2.22. The molecule has 148 valence electrons. The number of halogens is 1. The zero-order valence-electron chi connectivity index (χ0n) is 16.3. The van der Waals surface area contributed by atoms with E-state index in [1.807, 2.05) is 61.5 Å². The number of anilines is 2. The van der Waals surface area contributed by atoms with Gasteiger partial charge in [0.2, 0.25) is 5.91 Å². The largest absolute Gasteiger partial charge is 0.325 e. The molecule has 1 N–H and O–H groups in total. The Morgan fingerprint density at radius 1 is 0.897 bits per heavy atom. The van der Waals surface area contributed by atoms with Gasteiger partial charge in [0.1, 0.15) is 0 Å². The number of carbonyl (C=O) groups is 2. The Hall–Kier alpha value is -3.11. The Morgan fingerprint density at radius 3 is 2.28 bits per heavy atom. The lowest BCUT2D eigenvalue weighted by atomic mass is 10.1. The number of amides is 2. The molecule has 0 heterocycles. The average Bonchev–Trinajstić information content (AvgIpc) is 2.75. The van der Waals surface area contributed by atoms with E-state index in [0.717, 1.165) is 11.3 Å².